The Bertz CT molecular complexity index is 243. The molecule has 1 saturated heterocycles. The first-order valence-corrected chi connectivity index (χ1v) is 8.94. The van der Waals surface area contributed by atoms with Gasteiger partial charge in [0.25, 0.3) is 0 Å². The second kappa shape index (κ2) is 11.9. The highest BCUT2D eigenvalue weighted by Crippen LogP contribution is 2.52. The van der Waals surface area contributed by atoms with Gasteiger partial charge in [-0.2, -0.15) is 0 Å². The van der Waals surface area contributed by atoms with Gasteiger partial charge < -0.3 is 11.1 Å². The van der Waals surface area contributed by atoms with E-state index in [9.17, 15) is 0 Å². The molecule has 1 heterocycles. The topological polar surface area (TPSA) is 38.0 Å². The van der Waals surface area contributed by atoms with Crippen LogP contribution in [0.15, 0.2) is 0 Å². The van der Waals surface area contributed by atoms with Gasteiger partial charge in [-0.25, -0.2) is 0 Å². The van der Waals surface area contributed by atoms with E-state index in [1.54, 1.807) is 0 Å². The molecular formula is C18H40Cl2N2. The van der Waals surface area contributed by atoms with Crippen LogP contribution in [0.4, 0.5) is 0 Å². The van der Waals surface area contributed by atoms with Gasteiger partial charge in [0.05, 0.1) is 0 Å². The Morgan fingerprint density at radius 1 is 0.909 bits per heavy atom. The zero-order valence-electron chi connectivity index (χ0n) is 15.2. The number of hydrogen-bond donors (Lipinski definition) is 2. The molecule has 22 heavy (non-hydrogen) atoms. The van der Waals surface area contributed by atoms with E-state index in [0.29, 0.717) is 11.5 Å². The summed E-state index contributed by atoms with van der Waals surface area (Å²) < 4.78 is 0. The van der Waals surface area contributed by atoms with E-state index < -0.39 is 0 Å². The van der Waals surface area contributed by atoms with Crippen LogP contribution in [0, 0.1) is 10.8 Å². The molecule has 1 aliphatic heterocycles. The highest BCUT2D eigenvalue weighted by atomic mass is 35.5. The lowest BCUT2D eigenvalue weighted by atomic mass is 9.60. The second-order valence-corrected chi connectivity index (χ2v) is 7.67. The fraction of sp³-hybridized carbons (Fsp3) is 1.00. The maximum Gasteiger partial charge on any atom is 0.000829 e. The van der Waals surface area contributed by atoms with Crippen molar-refractivity contribution >= 4 is 24.8 Å². The number of hydrogen-bond acceptors (Lipinski definition) is 2. The summed E-state index contributed by atoms with van der Waals surface area (Å²) in [6.07, 6.45) is 13.2. The quantitative estimate of drug-likeness (QED) is 0.716. The van der Waals surface area contributed by atoms with E-state index in [0.717, 1.165) is 5.41 Å². The van der Waals surface area contributed by atoms with E-state index in [2.05, 4.69) is 19.2 Å². The molecule has 1 saturated carbocycles. The standard InChI is InChI=1S/C15H29N.C3H9N.2ClH/c1-3-5-14(6-4-2)7-9-15(10-8-14)11-12-16-13-15;1-3(2)4;;/h16H,3-13H2,1-2H3;3H,4H2,1-2H3;2*1H. The van der Waals surface area contributed by atoms with Crippen LogP contribution in [-0.4, -0.2) is 19.1 Å². The van der Waals surface area contributed by atoms with Crippen molar-refractivity contribution in [2.45, 2.75) is 91.5 Å². The molecule has 1 aliphatic carbocycles. The van der Waals surface area contributed by atoms with Gasteiger partial charge in [0.2, 0.25) is 0 Å². The molecule has 2 rings (SSSR count). The fourth-order valence-corrected chi connectivity index (χ4v) is 4.22. The number of nitrogens with two attached hydrogens (primary N) is 1. The first-order chi connectivity index (χ1) is 9.47. The monoisotopic (exact) mass is 354 g/mol. The van der Waals surface area contributed by atoms with Crippen molar-refractivity contribution in [1.29, 1.82) is 0 Å². The van der Waals surface area contributed by atoms with Gasteiger partial charge in [-0.1, -0.05) is 40.5 Å². The first-order valence-electron chi connectivity index (χ1n) is 8.94. The van der Waals surface area contributed by atoms with Gasteiger partial charge in [-0.15, -0.1) is 24.8 Å². The van der Waals surface area contributed by atoms with Crippen LogP contribution >= 0.6 is 24.8 Å². The number of rotatable bonds is 4. The molecule has 0 bridgehead atoms. The van der Waals surface area contributed by atoms with Gasteiger partial charge in [0.1, 0.15) is 0 Å². The van der Waals surface area contributed by atoms with Crippen LogP contribution in [0.25, 0.3) is 0 Å². The highest BCUT2D eigenvalue weighted by molar-refractivity contribution is 5.85. The third-order valence-corrected chi connectivity index (χ3v) is 5.26. The summed E-state index contributed by atoms with van der Waals surface area (Å²) in [5, 5.41) is 3.57. The Morgan fingerprint density at radius 2 is 1.36 bits per heavy atom. The molecule has 1 spiro atoms. The third-order valence-electron chi connectivity index (χ3n) is 5.26. The van der Waals surface area contributed by atoms with E-state index in [1.807, 2.05) is 13.8 Å². The molecule has 3 N–H and O–H groups in total. The molecule has 0 aromatic heterocycles. The summed E-state index contributed by atoms with van der Waals surface area (Å²) in [6.45, 7) is 11.2. The first kappa shape index (κ1) is 24.7. The Hall–Kier alpha value is 0.500. The van der Waals surface area contributed by atoms with Crippen molar-refractivity contribution in [2.24, 2.45) is 16.6 Å². The Balaban J connectivity index is 0. The number of halogens is 2. The van der Waals surface area contributed by atoms with E-state index in [4.69, 9.17) is 5.73 Å². The average molecular weight is 355 g/mol. The zero-order chi connectivity index (χ0) is 15.1. The van der Waals surface area contributed by atoms with Gasteiger partial charge in [0.15, 0.2) is 0 Å². The highest BCUT2D eigenvalue weighted by Gasteiger charge is 2.42. The van der Waals surface area contributed by atoms with Crippen molar-refractivity contribution < 1.29 is 0 Å². The summed E-state index contributed by atoms with van der Waals surface area (Å²) in [6, 6.07) is 0.333. The van der Waals surface area contributed by atoms with E-state index in [1.165, 1.54) is 70.9 Å². The van der Waals surface area contributed by atoms with E-state index in [-0.39, 0.29) is 24.8 Å². The molecule has 0 amide bonds. The van der Waals surface area contributed by atoms with Gasteiger partial charge in [0, 0.05) is 6.54 Å². The fourth-order valence-electron chi connectivity index (χ4n) is 4.22. The minimum Gasteiger partial charge on any atom is -0.328 e. The van der Waals surface area contributed by atoms with Gasteiger partial charge in [-0.3, -0.25) is 0 Å². The van der Waals surface area contributed by atoms with Crippen molar-refractivity contribution in [2.75, 3.05) is 13.1 Å². The molecule has 0 atom stereocenters. The maximum atomic E-state index is 5.11. The smallest absolute Gasteiger partial charge is 0.000829 e. The summed E-state index contributed by atoms with van der Waals surface area (Å²) >= 11 is 0. The van der Waals surface area contributed by atoms with Crippen LogP contribution in [0.2, 0.25) is 0 Å². The Labute approximate surface area is 151 Å². The van der Waals surface area contributed by atoms with Crippen LogP contribution in [-0.2, 0) is 0 Å². The van der Waals surface area contributed by atoms with Gasteiger partial charge in [-0.05, 0) is 68.4 Å². The molecule has 4 heteroatoms. The van der Waals surface area contributed by atoms with Crippen LogP contribution < -0.4 is 11.1 Å². The van der Waals surface area contributed by atoms with Gasteiger partial charge >= 0.3 is 0 Å². The number of nitrogens with one attached hydrogen (secondary N) is 1. The molecule has 0 unspecified atom stereocenters. The lowest BCUT2D eigenvalue weighted by Crippen LogP contribution is -2.35. The van der Waals surface area contributed by atoms with Crippen LogP contribution in [0.5, 0.6) is 0 Å². The van der Waals surface area contributed by atoms with Crippen molar-refractivity contribution in [3.63, 3.8) is 0 Å². The SMILES string of the molecule is CC(C)N.CCCC1(CCC)CCC2(CCNC2)CC1.Cl.Cl. The summed E-state index contributed by atoms with van der Waals surface area (Å²) in [5.41, 5.74) is 6.56. The molecule has 0 radical (unpaired) electrons. The summed E-state index contributed by atoms with van der Waals surface area (Å²) in [4.78, 5) is 0. The summed E-state index contributed by atoms with van der Waals surface area (Å²) in [7, 11) is 0. The predicted molar refractivity (Wildman–Crippen MR) is 104 cm³/mol. The molecule has 2 fully saturated rings. The molecule has 136 valence electrons. The largest absolute Gasteiger partial charge is 0.328 e. The van der Waals surface area contributed by atoms with Crippen LogP contribution in [0.3, 0.4) is 0 Å². The molecule has 2 aliphatic rings. The zero-order valence-corrected chi connectivity index (χ0v) is 16.9. The predicted octanol–water partition coefficient (Wildman–Crippen LogP) is 5.32. The Kier molecular flexibility index (Phi) is 13.4. The molecule has 0 aromatic carbocycles. The lowest BCUT2D eigenvalue weighted by molar-refractivity contribution is 0.0721. The minimum atomic E-state index is 0. The Morgan fingerprint density at radius 3 is 1.68 bits per heavy atom. The molecule has 0 aromatic rings. The lowest BCUT2D eigenvalue weighted by Gasteiger charge is -2.45. The maximum absolute atomic E-state index is 5.11. The second-order valence-electron chi connectivity index (χ2n) is 7.67. The van der Waals surface area contributed by atoms with Crippen molar-refractivity contribution in [3.05, 3.63) is 0 Å². The molecular weight excluding hydrogens is 315 g/mol. The normalized spacial score (nSPS) is 21.5. The van der Waals surface area contributed by atoms with Crippen molar-refractivity contribution in [1.82, 2.24) is 5.32 Å². The average Bonchev–Trinajstić information content (AvgIpc) is 2.82. The molecule has 2 nitrogen and oxygen atoms in total. The minimum absolute atomic E-state index is 0. The van der Waals surface area contributed by atoms with Crippen LogP contribution in [0.1, 0.15) is 85.5 Å². The summed E-state index contributed by atoms with van der Waals surface area (Å²) in [5.74, 6) is 0. The van der Waals surface area contributed by atoms with E-state index >= 15 is 0 Å². The van der Waals surface area contributed by atoms with Crippen molar-refractivity contribution in [3.8, 4) is 0 Å². The third kappa shape index (κ3) is 7.86.